The maximum atomic E-state index is 12.5. The molecule has 1 saturated carbocycles. The van der Waals surface area contributed by atoms with Crippen molar-refractivity contribution in [3.8, 4) is 0 Å². The summed E-state index contributed by atoms with van der Waals surface area (Å²) in [5.74, 6) is 0.713. The van der Waals surface area contributed by atoms with Gasteiger partial charge in [0.05, 0.1) is 6.10 Å². The van der Waals surface area contributed by atoms with Crippen LogP contribution in [0.4, 0.5) is 0 Å². The van der Waals surface area contributed by atoms with Gasteiger partial charge >= 0.3 is 0 Å². The molecule has 0 aliphatic heterocycles. The Hall–Kier alpha value is 0.0238. The summed E-state index contributed by atoms with van der Waals surface area (Å²) in [6.07, 6.45) is 2.06. The van der Waals surface area contributed by atoms with Crippen LogP contribution < -0.4 is 0 Å². The molecular weight excluding hydrogens is 356 g/mol. The van der Waals surface area contributed by atoms with E-state index in [-0.39, 0.29) is 28.9 Å². The third-order valence-electron chi connectivity index (χ3n) is 7.28. The van der Waals surface area contributed by atoms with E-state index in [9.17, 15) is 4.79 Å². The van der Waals surface area contributed by atoms with Crippen LogP contribution >= 0.6 is 0 Å². The first-order valence-corrected chi connectivity index (χ1v) is 16.1. The zero-order chi connectivity index (χ0) is 20.3. The van der Waals surface area contributed by atoms with E-state index in [1.54, 1.807) is 6.92 Å². The van der Waals surface area contributed by atoms with Gasteiger partial charge in [-0.1, -0.05) is 48.5 Å². The van der Waals surface area contributed by atoms with Crippen LogP contribution in [0.2, 0.25) is 36.3 Å². The van der Waals surface area contributed by atoms with E-state index in [0.717, 1.165) is 31.0 Å². The Morgan fingerprint density at radius 3 is 1.85 bits per heavy atom. The average molecular weight is 401 g/mol. The molecule has 0 heterocycles. The molecule has 26 heavy (non-hydrogen) atoms. The molecule has 1 aliphatic carbocycles. The van der Waals surface area contributed by atoms with Crippen molar-refractivity contribution in [3.63, 3.8) is 0 Å². The van der Waals surface area contributed by atoms with Gasteiger partial charge in [-0.2, -0.15) is 0 Å². The van der Waals surface area contributed by atoms with Crippen molar-refractivity contribution in [1.82, 2.24) is 0 Å². The molecular formula is C21H44O3Si2. The quantitative estimate of drug-likeness (QED) is 0.442. The lowest BCUT2D eigenvalue weighted by Gasteiger charge is -2.47. The lowest BCUT2D eigenvalue weighted by molar-refractivity contribution is -0.128. The van der Waals surface area contributed by atoms with E-state index >= 15 is 0 Å². The summed E-state index contributed by atoms with van der Waals surface area (Å²) in [5.41, 5.74) is 0. The number of carbonyl (C=O) groups excluding carboxylic acids is 1. The van der Waals surface area contributed by atoms with Gasteiger partial charge in [-0.05, 0) is 61.9 Å². The van der Waals surface area contributed by atoms with Gasteiger partial charge in [0.25, 0.3) is 0 Å². The number of hydrogen-bond acceptors (Lipinski definition) is 3. The van der Waals surface area contributed by atoms with E-state index in [1.165, 1.54) is 0 Å². The van der Waals surface area contributed by atoms with Gasteiger partial charge in [-0.3, -0.25) is 4.79 Å². The number of carbonyl (C=O) groups is 1. The van der Waals surface area contributed by atoms with Gasteiger partial charge in [0.1, 0.15) is 5.78 Å². The van der Waals surface area contributed by atoms with Crippen LogP contribution in [0.3, 0.4) is 0 Å². The Balaban J connectivity index is 2.98. The van der Waals surface area contributed by atoms with Gasteiger partial charge in [0, 0.05) is 12.0 Å². The predicted octanol–water partition coefficient (Wildman–Crippen LogP) is 6.40. The molecule has 1 rings (SSSR count). The van der Waals surface area contributed by atoms with E-state index < -0.39 is 16.6 Å². The Morgan fingerprint density at radius 1 is 0.962 bits per heavy atom. The summed E-state index contributed by atoms with van der Waals surface area (Å²) in [4.78, 5) is 12.5. The average Bonchev–Trinajstić information content (AvgIpc) is 2.53. The molecule has 0 aromatic rings. The summed E-state index contributed by atoms with van der Waals surface area (Å²) < 4.78 is 13.5. The molecule has 0 amide bonds. The fourth-order valence-electron chi connectivity index (χ4n) is 3.92. The van der Waals surface area contributed by atoms with Crippen molar-refractivity contribution >= 4 is 22.4 Å². The largest absolute Gasteiger partial charge is 0.414 e. The fourth-order valence-corrected chi connectivity index (χ4v) is 8.26. The number of Topliss-reactive ketones (excluding diaryl/α,β-unsaturated/α-hetero) is 1. The third kappa shape index (κ3) is 5.52. The molecule has 0 aromatic carbocycles. The van der Waals surface area contributed by atoms with Gasteiger partial charge in [0.15, 0.2) is 16.6 Å². The highest BCUT2D eigenvalue weighted by molar-refractivity contribution is 6.74. The van der Waals surface area contributed by atoms with Gasteiger partial charge in [0.2, 0.25) is 0 Å². The molecule has 1 fully saturated rings. The lowest BCUT2D eigenvalue weighted by atomic mass is 9.77. The van der Waals surface area contributed by atoms with Crippen LogP contribution in [-0.2, 0) is 13.6 Å². The van der Waals surface area contributed by atoms with Gasteiger partial charge in [-0.15, -0.1) is 0 Å². The van der Waals surface area contributed by atoms with Crippen LogP contribution in [0.5, 0.6) is 0 Å². The van der Waals surface area contributed by atoms with Crippen LogP contribution in [0.1, 0.15) is 68.2 Å². The molecule has 154 valence electrons. The van der Waals surface area contributed by atoms with Crippen molar-refractivity contribution in [2.75, 3.05) is 0 Å². The smallest absolute Gasteiger partial charge is 0.192 e. The van der Waals surface area contributed by atoms with Crippen molar-refractivity contribution < 1.29 is 13.6 Å². The van der Waals surface area contributed by atoms with E-state index in [0.29, 0.717) is 5.92 Å². The molecule has 0 saturated heterocycles. The molecule has 5 heteroatoms. The molecule has 0 N–H and O–H groups in total. The fraction of sp³-hybridized carbons (Fsp3) is 0.952. The zero-order valence-corrected chi connectivity index (χ0v) is 21.1. The molecule has 1 aliphatic rings. The minimum absolute atomic E-state index is 0.0115. The molecule has 0 bridgehead atoms. The highest BCUT2D eigenvalue weighted by Gasteiger charge is 2.46. The van der Waals surface area contributed by atoms with Crippen LogP contribution in [0.25, 0.3) is 0 Å². The van der Waals surface area contributed by atoms with E-state index in [2.05, 4.69) is 61.6 Å². The normalized spacial score (nSPS) is 28.2. The topological polar surface area (TPSA) is 35.5 Å². The summed E-state index contributed by atoms with van der Waals surface area (Å²) in [6, 6.07) is 3.49. The zero-order valence-electron chi connectivity index (χ0n) is 19.1. The Morgan fingerprint density at radius 2 is 1.46 bits per heavy atom. The van der Waals surface area contributed by atoms with Crippen molar-refractivity contribution in [1.29, 1.82) is 0 Å². The minimum atomic E-state index is -1.88. The third-order valence-corrected chi connectivity index (χ3v) is 16.5. The van der Waals surface area contributed by atoms with Crippen molar-refractivity contribution in [2.45, 2.75) is 117 Å². The molecule has 0 spiro atoms. The second-order valence-corrected chi connectivity index (χ2v) is 19.5. The van der Waals surface area contributed by atoms with E-state index in [4.69, 9.17) is 8.85 Å². The predicted molar refractivity (Wildman–Crippen MR) is 117 cm³/mol. The van der Waals surface area contributed by atoms with Gasteiger partial charge < -0.3 is 8.85 Å². The number of ketones is 1. The second-order valence-electron chi connectivity index (χ2n) is 9.98. The van der Waals surface area contributed by atoms with Crippen LogP contribution in [-0.4, -0.2) is 34.6 Å². The van der Waals surface area contributed by atoms with Crippen molar-refractivity contribution in [2.24, 2.45) is 11.8 Å². The Kier molecular flexibility index (Phi) is 8.34. The SMILES string of the molecule is CC[Si](CC)(CC)OC1C[C@H](C(C)=O)[C@@H](O[Si](C)(C)C(C)(C)C)C[C@H]1C. The minimum Gasteiger partial charge on any atom is -0.414 e. The molecule has 4 atom stereocenters. The van der Waals surface area contributed by atoms with Gasteiger partial charge in [-0.25, -0.2) is 0 Å². The maximum Gasteiger partial charge on any atom is 0.192 e. The van der Waals surface area contributed by atoms with Crippen LogP contribution in [0, 0.1) is 11.8 Å². The Labute approximate surface area is 164 Å². The van der Waals surface area contributed by atoms with Crippen LogP contribution in [0.15, 0.2) is 0 Å². The number of hydrogen-bond donors (Lipinski definition) is 0. The second kappa shape index (κ2) is 9.02. The van der Waals surface area contributed by atoms with E-state index in [1.807, 2.05) is 0 Å². The monoisotopic (exact) mass is 400 g/mol. The first-order chi connectivity index (χ1) is 11.8. The number of rotatable bonds is 8. The highest BCUT2D eigenvalue weighted by atomic mass is 28.4. The van der Waals surface area contributed by atoms with Crippen molar-refractivity contribution in [3.05, 3.63) is 0 Å². The highest BCUT2D eigenvalue weighted by Crippen LogP contribution is 2.43. The summed E-state index contributed by atoms with van der Waals surface area (Å²) in [7, 11) is -3.54. The maximum absolute atomic E-state index is 12.5. The molecule has 3 nitrogen and oxygen atoms in total. The molecule has 1 unspecified atom stereocenters. The first-order valence-electron chi connectivity index (χ1n) is 10.7. The lowest BCUT2D eigenvalue weighted by Crippen LogP contribution is -2.52. The Bertz CT molecular complexity index is 458. The first kappa shape index (κ1) is 24.1. The molecule has 0 radical (unpaired) electrons. The summed E-state index contributed by atoms with van der Waals surface area (Å²) in [6.45, 7) is 22.3. The molecule has 0 aromatic heterocycles. The summed E-state index contributed by atoms with van der Waals surface area (Å²) in [5, 5.41) is 0.166. The standard InChI is InChI=1S/C21H44O3Si2/c1-11-26(12-2,13-3)24-19-15-18(17(5)22)20(14-16(19)4)23-25(9,10)21(6,7)8/h16,18-20H,11-15H2,1-10H3/t16-,18-,19?,20+/m1/s1. The summed E-state index contributed by atoms with van der Waals surface area (Å²) >= 11 is 0.